The lowest BCUT2D eigenvalue weighted by Crippen LogP contribution is -2.40. The first-order valence-electron chi connectivity index (χ1n) is 8.75. The molecule has 1 heterocycles. The Bertz CT molecular complexity index is 467. The number of thiazole rings is 1. The number of aromatic nitrogens is 1. The molecule has 1 aromatic rings. The molecule has 1 fully saturated rings. The number of aryl methyl sites for hydroxylation is 1. The van der Waals surface area contributed by atoms with Gasteiger partial charge in [-0.3, -0.25) is 4.99 Å². The van der Waals surface area contributed by atoms with Crippen molar-refractivity contribution in [2.45, 2.75) is 58.0 Å². The summed E-state index contributed by atoms with van der Waals surface area (Å²) >= 11 is 1.70. The van der Waals surface area contributed by atoms with Crippen LogP contribution < -0.4 is 10.6 Å². The van der Waals surface area contributed by atoms with Gasteiger partial charge in [-0.2, -0.15) is 0 Å². The van der Waals surface area contributed by atoms with Crippen molar-refractivity contribution < 1.29 is 4.74 Å². The summed E-state index contributed by atoms with van der Waals surface area (Å²) in [5, 5.41) is 9.88. The van der Waals surface area contributed by atoms with E-state index < -0.39 is 0 Å². The molecule has 0 aliphatic heterocycles. The molecule has 0 aromatic carbocycles. The Morgan fingerprint density at radius 2 is 2.00 bits per heavy atom. The normalized spacial score (nSPS) is 17.0. The Kier molecular flexibility index (Phi) is 8.39. The summed E-state index contributed by atoms with van der Waals surface area (Å²) < 4.78 is 5.98. The lowest BCUT2D eigenvalue weighted by atomic mass is 10.1. The minimum Gasteiger partial charge on any atom is -0.376 e. The van der Waals surface area contributed by atoms with Crippen LogP contribution in [0.1, 0.15) is 49.2 Å². The summed E-state index contributed by atoms with van der Waals surface area (Å²) in [6.07, 6.45) is 9.20. The van der Waals surface area contributed by atoms with Crippen molar-refractivity contribution in [1.29, 1.82) is 0 Å². The average molecular weight is 339 g/mol. The molecule has 2 N–H and O–H groups in total. The molecule has 1 aliphatic carbocycles. The molecule has 1 saturated carbocycles. The summed E-state index contributed by atoms with van der Waals surface area (Å²) in [6, 6.07) is 0. The Morgan fingerprint density at radius 1 is 1.26 bits per heavy atom. The molecule has 0 saturated heterocycles. The maximum atomic E-state index is 5.98. The number of ether oxygens (including phenoxy) is 1. The Balaban J connectivity index is 1.55. The molecular weight excluding hydrogens is 308 g/mol. The molecule has 0 spiro atoms. The van der Waals surface area contributed by atoms with Crippen LogP contribution in [0, 0.1) is 6.92 Å². The van der Waals surface area contributed by atoms with Gasteiger partial charge in [0, 0.05) is 31.9 Å². The van der Waals surface area contributed by atoms with E-state index in [0.717, 1.165) is 42.8 Å². The van der Waals surface area contributed by atoms with Crippen molar-refractivity contribution in [3.63, 3.8) is 0 Å². The van der Waals surface area contributed by atoms with Crippen LogP contribution >= 0.6 is 11.3 Å². The zero-order chi connectivity index (χ0) is 16.3. The summed E-state index contributed by atoms with van der Waals surface area (Å²) in [5.41, 5.74) is 1.15. The average Bonchev–Trinajstić information content (AvgIpc) is 2.81. The molecule has 0 radical (unpaired) electrons. The highest BCUT2D eigenvalue weighted by atomic mass is 32.1. The van der Waals surface area contributed by atoms with Gasteiger partial charge < -0.3 is 15.4 Å². The van der Waals surface area contributed by atoms with Gasteiger partial charge in [-0.1, -0.05) is 25.7 Å². The molecule has 0 amide bonds. The van der Waals surface area contributed by atoms with E-state index in [1.807, 2.05) is 6.92 Å². The standard InChI is InChI=1S/C17H30N4OS/c1-14-21-15(13-23-14)9-10-19-17(18-2)20-11-12-22-16-7-5-3-4-6-8-16/h13,16H,3-12H2,1-2H3,(H2,18,19,20). The number of rotatable bonds is 7. The predicted octanol–water partition coefficient (Wildman–Crippen LogP) is 2.90. The van der Waals surface area contributed by atoms with Crippen molar-refractivity contribution in [2.24, 2.45) is 4.99 Å². The second-order valence-corrected chi connectivity index (χ2v) is 7.08. The number of guanidine groups is 1. The molecule has 6 heteroatoms. The molecule has 5 nitrogen and oxygen atoms in total. The zero-order valence-corrected chi connectivity index (χ0v) is 15.3. The summed E-state index contributed by atoms with van der Waals surface area (Å²) in [4.78, 5) is 8.71. The third kappa shape index (κ3) is 7.31. The smallest absolute Gasteiger partial charge is 0.191 e. The Labute approximate surface area is 144 Å². The van der Waals surface area contributed by atoms with E-state index in [1.54, 1.807) is 18.4 Å². The van der Waals surface area contributed by atoms with Gasteiger partial charge in [0.15, 0.2) is 5.96 Å². The van der Waals surface area contributed by atoms with Crippen molar-refractivity contribution in [3.8, 4) is 0 Å². The Hall–Kier alpha value is -1.14. The van der Waals surface area contributed by atoms with Crippen molar-refractivity contribution >= 4 is 17.3 Å². The zero-order valence-electron chi connectivity index (χ0n) is 14.4. The number of hydrogen-bond donors (Lipinski definition) is 2. The van der Waals surface area contributed by atoms with Gasteiger partial charge in [0.25, 0.3) is 0 Å². The SMILES string of the molecule is CN=C(NCCOC1CCCCCC1)NCCc1csc(C)n1. The third-order valence-corrected chi connectivity index (χ3v) is 4.94. The fraction of sp³-hybridized carbons (Fsp3) is 0.765. The van der Waals surface area contributed by atoms with Crippen LogP contribution in [0.25, 0.3) is 0 Å². The van der Waals surface area contributed by atoms with Gasteiger partial charge in [-0.15, -0.1) is 11.3 Å². The van der Waals surface area contributed by atoms with Gasteiger partial charge in [-0.25, -0.2) is 4.98 Å². The van der Waals surface area contributed by atoms with Crippen molar-refractivity contribution in [1.82, 2.24) is 15.6 Å². The van der Waals surface area contributed by atoms with Crippen molar-refractivity contribution in [3.05, 3.63) is 16.1 Å². The highest BCUT2D eigenvalue weighted by Gasteiger charge is 2.12. The second kappa shape index (κ2) is 10.6. The molecular formula is C17H30N4OS. The van der Waals surface area contributed by atoms with Crippen LogP contribution in [-0.2, 0) is 11.2 Å². The lowest BCUT2D eigenvalue weighted by Gasteiger charge is -2.16. The van der Waals surface area contributed by atoms with E-state index in [9.17, 15) is 0 Å². The number of aliphatic imine (C=N–C) groups is 1. The van der Waals surface area contributed by atoms with Crippen LogP contribution in [0.4, 0.5) is 0 Å². The van der Waals surface area contributed by atoms with Crippen LogP contribution in [0.15, 0.2) is 10.4 Å². The summed E-state index contributed by atoms with van der Waals surface area (Å²) in [6.45, 7) is 4.42. The Morgan fingerprint density at radius 3 is 2.65 bits per heavy atom. The van der Waals surface area contributed by atoms with E-state index in [0.29, 0.717) is 6.10 Å². The molecule has 1 aromatic heterocycles. The second-order valence-electron chi connectivity index (χ2n) is 6.02. The largest absolute Gasteiger partial charge is 0.376 e. The fourth-order valence-electron chi connectivity index (χ4n) is 2.86. The van der Waals surface area contributed by atoms with Gasteiger partial charge in [0.1, 0.15) is 0 Å². The van der Waals surface area contributed by atoms with Crippen molar-refractivity contribution in [2.75, 3.05) is 26.7 Å². The highest BCUT2D eigenvalue weighted by Crippen LogP contribution is 2.19. The first-order valence-corrected chi connectivity index (χ1v) is 9.63. The minimum atomic E-state index is 0.460. The van der Waals surface area contributed by atoms with Gasteiger partial charge in [0.2, 0.25) is 0 Å². The highest BCUT2D eigenvalue weighted by molar-refractivity contribution is 7.09. The summed E-state index contributed by atoms with van der Waals surface area (Å²) in [5.74, 6) is 0.835. The third-order valence-electron chi connectivity index (χ3n) is 4.11. The molecule has 1 aliphatic rings. The van der Waals surface area contributed by atoms with Crippen LogP contribution in [-0.4, -0.2) is 43.8 Å². The monoisotopic (exact) mass is 338 g/mol. The maximum absolute atomic E-state index is 5.98. The summed E-state index contributed by atoms with van der Waals surface area (Å²) in [7, 11) is 1.80. The van der Waals surface area contributed by atoms with Gasteiger partial charge in [0.05, 0.1) is 23.4 Å². The first kappa shape index (κ1) is 18.2. The van der Waals surface area contributed by atoms with E-state index >= 15 is 0 Å². The first-order chi connectivity index (χ1) is 11.3. The van der Waals surface area contributed by atoms with Gasteiger partial charge >= 0.3 is 0 Å². The molecule has 23 heavy (non-hydrogen) atoms. The quantitative estimate of drug-likeness (QED) is 0.347. The number of nitrogens with zero attached hydrogens (tertiary/aromatic N) is 2. The molecule has 2 rings (SSSR count). The topological polar surface area (TPSA) is 58.5 Å². The van der Waals surface area contributed by atoms with Crippen LogP contribution in [0.2, 0.25) is 0 Å². The molecule has 0 unspecified atom stereocenters. The minimum absolute atomic E-state index is 0.460. The van der Waals surface area contributed by atoms with Crippen LogP contribution in [0.3, 0.4) is 0 Å². The van der Waals surface area contributed by atoms with E-state index in [1.165, 1.54) is 38.5 Å². The van der Waals surface area contributed by atoms with E-state index in [-0.39, 0.29) is 0 Å². The van der Waals surface area contributed by atoms with E-state index in [2.05, 4.69) is 26.0 Å². The lowest BCUT2D eigenvalue weighted by molar-refractivity contribution is 0.0468. The maximum Gasteiger partial charge on any atom is 0.191 e. The van der Waals surface area contributed by atoms with Crippen LogP contribution in [0.5, 0.6) is 0 Å². The fourth-order valence-corrected chi connectivity index (χ4v) is 3.50. The molecule has 0 atom stereocenters. The van der Waals surface area contributed by atoms with Gasteiger partial charge in [-0.05, 0) is 19.8 Å². The molecule has 0 bridgehead atoms. The van der Waals surface area contributed by atoms with E-state index in [4.69, 9.17) is 4.74 Å². The molecule has 130 valence electrons. The number of hydrogen-bond acceptors (Lipinski definition) is 4. The predicted molar refractivity (Wildman–Crippen MR) is 97.4 cm³/mol. The number of nitrogens with one attached hydrogen (secondary N) is 2.